The largest absolute Gasteiger partial charge is 0.366 e. The third kappa shape index (κ3) is 14.3. The smallest absolute Gasteiger partial charge is 0.213 e. The van der Waals surface area contributed by atoms with Crippen LogP contribution in [0.2, 0.25) is 0 Å². The van der Waals surface area contributed by atoms with Crippen molar-refractivity contribution in [1.29, 1.82) is 0 Å². The molecule has 0 saturated heterocycles. The van der Waals surface area contributed by atoms with Gasteiger partial charge < -0.3 is 14.7 Å². The fraction of sp³-hybridized carbons (Fsp3) is 0.513. The fourth-order valence-electron chi connectivity index (χ4n) is 25.4. The van der Waals surface area contributed by atoms with Crippen LogP contribution in [0.4, 0.5) is 17.1 Å². The zero-order valence-corrected chi connectivity index (χ0v) is 80.7. The number of nitrogens with zero attached hydrogens (tertiary/aromatic N) is 8. The van der Waals surface area contributed by atoms with Crippen molar-refractivity contribution in [3.63, 3.8) is 0 Å². The molecule has 0 fully saturated rings. The van der Waals surface area contributed by atoms with Crippen molar-refractivity contribution >= 4 is 17.1 Å². The van der Waals surface area contributed by atoms with Gasteiger partial charge in [0.15, 0.2) is 11.4 Å². The number of aryl methyl sites for hydroxylation is 5. The second kappa shape index (κ2) is 29.5. The van der Waals surface area contributed by atoms with Crippen molar-refractivity contribution in [2.75, 3.05) is 54.0 Å². The zero-order valence-electron chi connectivity index (χ0n) is 80.7. The predicted molar refractivity (Wildman–Crippen MR) is 508 cm³/mol. The third-order valence-corrected chi connectivity index (χ3v) is 32.2. The minimum absolute atomic E-state index is 0.192. The van der Waals surface area contributed by atoms with E-state index in [1.807, 2.05) is 0 Å². The van der Waals surface area contributed by atoms with Crippen LogP contribution in [0.15, 0.2) is 152 Å². The second-order valence-corrected chi connectivity index (χ2v) is 46.2. The number of anilines is 3. The van der Waals surface area contributed by atoms with Crippen LogP contribution in [-0.2, 0) is 94.8 Å². The van der Waals surface area contributed by atoms with Crippen molar-refractivity contribution < 1.29 is 22.8 Å². The molecule has 6 aliphatic heterocycles. The van der Waals surface area contributed by atoms with Crippen LogP contribution in [0, 0.1) is 34.6 Å². The summed E-state index contributed by atoms with van der Waals surface area (Å²) in [5.74, 6) is 0.752. The summed E-state index contributed by atoms with van der Waals surface area (Å²) >= 11 is 0. The Hall–Kier alpha value is -8.75. The minimum atomic E-state index is 0.192. The molecule has 11 heterocycles. The average molecular weight is 1620 g/mol. The summed E-state index contributed by atoms with van der Waals surface area (Å²) in [6, 6.07) is 56.3. The Labute approximate surface area is 731 Å². The Bertz CT molecular complexity index is 5690. The van der Waals surface area contributed by atoms with Gasteiger partial charge in [0.05, 0.1) is 21.7 Å². The van der Waals surface area contributed by atoms with Crippen molar-refractivity contribution in [1.82, 2.24) is 0 Å². The lowest BCUT2D eigenvalue weighted by Gasteiger charge is -2.49. The Kier molecular flexibility index (Phi) is 20.9. The average Bonchev–Trinajstić information content (AvgIpc) is 1.47. The number of benzene rings is 5. The van der Waals surface area contributed by atoms with Gasteiger partial charge in [0.25, 0.3) is 0 Å². The van der Waals surface area contributed by atoms with E-state index in [0.717, 1.165) is 25.6 Å². The maximum Gasteiger partial charge on any atom is 0.213 e. The molecule has 4 aliphatic carbocycles. The fourth-order valence-corrected chi connectivity index (χ4v) is 25.4. The molecule has 8 nitrogen and oxygen atoms in total. The van der Waals surface area contributed by atoms with Gasteiger partial charge in [0.1, 0.15) is 52.3 Å². The molecule has 0 N–H and O–H groups in total. The first kappa shape index (κ1) is 85.8. The first-order valence-electron chi connectivity index (χ1n) is 46.4. The molecule has 0 amide bonds. The highest BCUT2D eigenvalue weighted by Gasteiger charge is 2.57. The highest BCUT2D eigenvalue weighted by Crippen LogP contribution is 2.60. The summed E-state index contributed by atoms with van der Waals surface area (Å²) in [4.78, 5) is 7.87. The Balaban J connectivity index is 0.000000112. The number of hydrogen-bond acceptors (Lipinski definition) is 3. The van der Waals surface area contributed by atoms with Crippen molar-refractivity contribution in [2.45, 2.75) is 303 Å². The predicted octanol–water partition coefficient (Wildman–Crippen LogP) is 23.6. The lowest BCUT2D eigenvalue weighted by molar-refractivity contribution is -0.673. The topological polar surface area (TPSA) is 29.1 Å². The molecule has 0 saturated carbocycles. The summed E-state index contributed by atoms with van der Waals surface area (Å²) in [5.41, 5.74) is 46.4. The Morgan fingerprint density at radius 1 is 0.256 bits per heavy atom. The van der Waals surface area contributed by atoms with Crippen LogP contribution < -0.4 is 37.5 Å². The highest BCUT2D eigenvalue weighted by atomic mass is 15.2. The van der Waals surface area contributed by atoms with Crippen LogP contribution in [0.3, 0.4) is 0 Å². The summed E-state index contributed by atoms with van der Waals surface area (Å²) in [7, 11) is 11.3. The first-order valence-corrected chi connectivity index (χ1v) is 46.4. The molecule has 5 aromatic carbocycles. The Morgan fingerprint density at radius 2 is 0.537 bits per heavy atom. The maximum absolute atomic E-state index is 2.64. The Morgan fingerprint density at radius 3 is 0.950 bits per heavy atom. The molecule has 0 radical (unpaired) electrons. The molecule has 0 spiro atoms. The first-order chi connectivity index (χ1) is 56.5. The molecular weight excluding hydrogens is 1470 g/mol. The van der Waals surface area contributed by atoms with Gasteiger partial charge in [-0.15, -0.1) is 0 Å². The lowest BCUT2D eigenvalue weighted by Crippen LogP contribution is -2.53. The van der Waals surface area contributed by atoms with Crippen LogP contribution in [0.5, 0.6) is 0 Å². The summed E-state index contributed by atoms with van der Waals surface area (Å²) < 4.78 is 12.4. The summed E-state index contributed by atoms with van der Waals surface area (Å²) in [6.07, 6.45) is 11.5. The standard InChI is InChI=1S/C25H34N.C23H31N2.C22H29N2.C22H28N.C21H27N2/c1-17-10-8-9-11-18(17)20-16-19-21-22(26(20)7)24(4,5)13-15-25(21,6)14-12-23(19,2)3;1-16-9-7-8-10-17(16)19-15-18-20-21(24(19)6)23(4,5)12-14-25(20)13-11-22(18,2)3;1-15-9-7-8-10-16(15)18-13-17-19-20(23(18)6)22(4,5)14-24(19)12-11-21(17,2)3;1-14-9-7-8-10-16(14)18-11-17-19-15(12-21(17,2)3)13-22(4,5)20(19)23(18)6;1-14-9-7-8-10-15(14)17-11-16-18-19(22(17)6)21(4,5)13-23(18)12-20(16,2)3/h8-11,16H,12-15H2,1-7H3;7-10,15H,11-14H2,1-6H3;7-10,13H,11-12,14H2,1-6H3;7-11,15H,12-13H2,1-6H3;7-11H,12-13H2,1-6H3/q5*+1. The molecule has 121 heavy (non-hydrogen) atoms. The number of rotatable bonds is 5. The minimum Gasteiger partial charge on any atom is -0.366 e. The lowest BCUT2D eigenvalue weighted by atomic mass is 9.54. The second-order valence-electron chi connectivity index (χ2n) is 46.2. The molecule has 0 bridgehead atoms. The van der Waals surface area contributed by atoms with E-state index in [1.165, 1.54) is 212 Å². The number of hydrogen-bond donors (Lipinski definition) is 0. The van der Waals surface area contributed by atoms with Gasteiger partial charge in [-0.1, -0.05) is 167 Å². The molecular formula is C113H149N8+5. The van der Waals surface area contributed by atoms with Gasteiger partial charge >= 0.3 is 0 Å². The molecule has 2 atom stereocenters. The molecule has 20 rings (SSSR count). The number of aromatic nitrogens is 5. The summed E-state index contributed by atoms with van der Waals surface area (Å²) in [6.45, 7) is 68.9. The van der Waals surface area contributed by atoms with E-state index >= 15 is 0 Å². The van der Waals surface area contributed by atoms with E-state index in [-0.39, 0.29) is 48.7 Å². The van der Waals surface area contributed by atoms with E-state index < -0.39 is 0 Å². The third-order valence-electron chi connectivity index (χ3n) is 32.2. The van der Waals surface area contributed by atoms with Crippen molar-refractivity contribution in [3.05, 3.63) is 247 Å². The van der Waals surface area contributed by atoms with Crippen LogP contribution >= 0.6 is 0 Å². The maximum atomic E-state index is 2.64. The zero-order chi connectivity index (χ0) is 87.3. The molecule has 10 aliphatic rings. The van der Waals surface area contributed by atoms with Crippen molar-refractivity contribution in [2.24, 2.45) is 35.2 Å². The molecule has 2 unspecified atom stereocenters. The van der Waals surface area contributed by atoms with Gasteiger partial charge in [0.2, 0.25) is 45.6 Å². The van der Waals surface area contributed by atoms with E-state index in [2.05, 4.69) is 404 Å². The van der Waals surface area contributed by atoms with Gasteiger partial charge in [-0.2, -0.15) is 22.8 Å². The van der Waals surface area contributed by atoms with Gasteiger partial charge in [0, 0.05) is 119 Å². The van der Waals surface area contributed by atoms with E-state index in [9.17, 15) is 0 Å². The highest BCUT2D eigenvalue weighted by molar-refractivity contribution is 5.76. The normalized spacial score (nSPS) is 21.9. The van der Waals surface area contributed by atoms with E-state index in [1.54, 1.807) is 33.6 Å². The van der Waals surface area contributed by atoms with Crippen LogP contribution in [0.1, 0.15) is 304 Å². The quantitative estimate of drug-likeness (QED) is 0.161. The van der Waals surface area contributed by atoms with E-state index in [0.29, 0.717) is 10.8 Å². The van der Waals surface area contributed by atoms with Crippen molar-refractivity contribution in [3.8, 4) is 56.3 Å². The molecule has 8 heteroatoms. The monoisotopic (exact) mass is 1620 g/mol. The van der Waals surface area contributed by atoms with Gasteiger partial charge in [-0.25, -0.2) is 0 Å². The molecule has 10 aromatic rings. The number of pyridine rings is 5. The van der Waals surface area contributed by atoms with Crippen LogP contribution in [0.25, 0.3) is 56.3 Å². The molecule has 5 aromatic heterocycles. The summed E-state index contributed by atoms with van der Waals surface area (Å²) in [5, 5.41) is 0. The van der Waals surface area contributed by atoms with Gasteiger partial charge in [-0.3, -0.25) is 0 Å². The SMILES string of the molecule is Cc1ccccc1-c1cc2c3c([n+]1C)C(C)(C)CC3CC2(C)C.Cc1ccccc1-c1cc2c3c([n+]1C)C(C)(C)CCC3(C)CCC2(C)C.Cc1ccccc1-c1cc2c3c([n+]1C)C(C)(C)CCN3CCC2(C)C.Cc1ccccc1-c1cc2c3c([n+]1C)C(C)(C)CN3CC2(C)C.Cc1ccccc1-c1cc2c3c([n+]1C)C(C)(C)CN3CCC2(C)C. The molecule has 636 valence electrons. The van der Waals surface area contributed by atoms with Gasteiger partial charge in [-0.05, 0) is 281 Å². The van der Waals surface area contributed by atoms with Crippen LogP contribution in [-0.4, -0.2) is 39.3 Å². The van der Waals surface area contributed by atoms with E-state index in [4.69, 9.17) is 0 Å².